The fraction of sp³-hybridized carbons (Fsp3) is 0.174. The molecule has 0 bridgehead atoms. The second-order valence-electron chi connectivity index (χ2n) is 6.69. The van der Waals surface area contributed by atoms with Gasteiger partial charge in [-0.25, -0.2) is 4.39 Å². The Kier molecular flexibility index (Phi) is 5.87. The summed E-state index contributed by atoms with van der Waals surface area (Å²) in [4.78, 5) is 12.5. The van der Waals surface area contributed by atoms with E-state index in [1.165, 1.54) is 12.1 Å². The van der Waals surface area contributed by atoms with Crippen molar-refractivity contribution in [3.63, 3.8) is 0 Å². The van der Waals surface area contributed by atoms with Gasteiger partial charge in [-0.2, -0.15) is 10.2 Å². The van der Waals surface area contributed by atoms with Crippen molar-refractivity contribution < 1.29 is 9.18 Å². The van der Waals surface area contributed by atoms with Crippen LogP contribution in [-0.4, -0.2) is 5.78 Å². The molecule has 0 unspecified atom stereocenters. The molecule has 0 saturated carbocycles. The van der Waals surface area contributed by atoms with E-state index in [4.69, 9.17) is 0 Å². The van der Waals surface area contributed by atoms with Gasteiger partial charge < -0.3 is 0 Å². The lowest BCUT2D eigenvalue weighted by molar-refractivity contribution is -0.117. The molecule has 0 atom stereocenters. The normalized spacial score (nSPS) is 11.1. The molecule has 3 nitrogen and oxygen atoms in total. The van der Waals surface area contributed by atoms with Gasteiger partial charge in [-0.1, -0.05) is 47.5 Å². The van der Waals surface area contributed by atoms with Crippen molar-refractivity contribution in [2.45, 2.75) is 26.7 Å². The molecule has 0 amide bonds. The lowest BCUT2D eigenvalue weighted by Gasteiger charge is -2.07. The molecule has 0 aliphatic rings. The zero-order valence-electron chi connectivity index (χ0n) is 15.4. The zero-order chi connectivity index (χ0) is 19.2. The molecule has 4 heteroatoms. The number of carbonyl (C=O) groups is 1. The molecule has 0 aliphatic carbocycles. The summed E-state index contributed by atoms with van der Waals surface area (Å²) in [5.41, 5.74) is 5.15. The number of hydrogen-bond donors (Lipinski definition) is 0. The van der Waals surface area contributed by atoms with Crippen LogP contribution in [0.1, 0.15) is 22.3 Å². The summed E-state index contributed by atoms with van der Waals surface area (Å²) in [5, 5.41) is 8.61. The van der Waals surface area contributed by atoms with E-state index in [1.54, 1.807) is 12.1 Å². The molecule has 0 heterocycles. The molecule has 0 radical (unpaired) electrons. The van der Waals surface area contributed by atoms with Crippen molar-refractivity contribution in [1.82, 2.24) is 0 Å². The lowest BCUT2D eigenvalue weighted by Crippen LogP contribution is -2.07. The number of carbonyl (C=O) groups excluding carboxylic acids is 1. The van der Waals surface area contributed by atoms with E-state index < -0.39 is 0 Å². The molecule has 0 fully saturated rings. The first-order valence-corrected chi connectivity index (χ1v) is 8.84. The van der Waals surface area contributed by atoms with Gasteiger partial charge in [-0.3, -0.25) is 4.79 Å². The maximum atomic E-state index is 13.3. The Morgan fingerprint density at radius 3 is 2.33 bits per heavy atom. The average Bonchev–Trinajstić information content (AvgIpc) is 2.62. The Bertz CT molecular complexity index is 978. The van der Waals surface area contributed by atoms with E-state index in [0.717, 1.165) is 22.4 Å². The molecule has 27 heavy (non-hydrogen) atoms. The van der Waals surface area contributed by atoms with Crippen LogP contribution in [0.4, 0.5) is 15.8 Å². The molecule has 3 aromatic rings. The number of azo groups is 1. The number of nitrogens with zero attached hydrogens (tertiary/aromatic N) is 2. The summed E-state index contributed by atoms with van der Waals surface area (Å²) < 4.78 is 13.3. The van der Waals surface area contributed by atoms with Crippen LogP contribution < -0.4 is 0 Å². The van der Waals surface area contributed by atoms with Crippen molar-refractivity contribution in [3.8, 4) is 0 Å². The Balaban J connectivity index is 1.77. The number of halogens is 1. The van der Waals surface area contributed by atoms with Crippen LogP contribution in [0, 0.1) is 19.7 Å². The number of Topliss-reactive ketones (excluding diaryl/α,β-unsaturated/α-hetero) is 1. The number of hydrogen-bond acceptors (Lipinski definition) is 3. The van der Waals surface area contributed by atoms with E-state index >= 15 is 0 Å². The molecular weight excluding hydrogens is 339 g/mol. The fourth-order valence-corrected chi connectivity index (χ4v) is 2.83. The van der Waals surface area contributed by atoms with Crippen molar-refractivity contribution >= 4 is 17.2 Å². The quantitative estimate of drug-likeness (QED) is 0.482. The van der Waals surface area contributed by atoms with Gasteiger partial charge in [0.05, 0.1) is 11.4 Å². The molecule has 3 rings (SSSR count). The van der Waals surface area contributed by atoms with Gasteiger partial charge in [0.25, 0.3) is 0 Å². The highest BCUT2D eigenvalue weighted by Crippen LogP contribution is 2.25. The highest BCUT2D eigenvalue weighted by atomic mass is 19.1. The number of rotatable bonds is 6. The van der Waals surface area contributed by atoms with Gasteiger partial charge >= 0.3 is 0 Å². The molecule has 0 aromatic heterocycles. The topological polar surface area (TPSA) is 41.8 Å². The maximum absolute atomic E-state index is 13.3. The minimum atomic E-state index is -0.330. The van der Waals surface area contributed by atoms with Gasteiger partial charge in [0.2, 0.25) is 0 Å². The van der Waals surface area contributed by atoms with Crippen LogP contribution >= 0.6 is 0 Å². The zero-order valence-corrected chi connectivity index (χ0v) is 15.4. The SMILES string of the molecule is Cc1ccc(N=Nc2ccc(C)cc2CC(=O)Cc2cccc(F)c2)cc1. The summed E-state index contributed by atoms with van der Waals surface area (Å²) in [7, 11) is 0. The highest BCUT2D eigenvalue weighted by molar-refractivity contribution is 5.84. The maximum Gasteiger partial charge on any atom is 0.141 e. The van der Waals surface area contributed by atoms with Gasteiger partial charge in [-0.15, -0.1) is 0 Å². The van der Waals surface area contributed by atoms with Crippen LogP contribution in [0.2, 0.25) is 0 Å². The molecular formula is C23H21FN2O. The second-order valence-corrected chi connectivity index (χ2v) is 6.69. The van der Waals surface area contributed by atoms with E-state index in [9.17, 15) is 9.18 Å². The first-order chi connectivity index (χ1) is 13.0. The fourth-order valence-electron chi connectivity index (χ4n) is 2.83. The average molecular weight is 360 g/mol. The Labute approximate surface area is 158 Å². The van der Waals surface area contributed by atoms with Crippen LogP contribution in [0.15, 0.2) is 77.0 Å². The van der Waals surface area contributed by atoms with Crippen molar-refractivity contribution in [3.05, 3.63) is 94.8 Å². The molecule has 0 spiro atoms. The minimum absolute atomic E-state index is 0.0120. The first kappa shape index (κ1) is 18.6. The molecule has 136 valence electrons. The molecule has 3 aromatic carbocycles. The predicted molar refractivity (Wildman–Crippen MR) is 105 cm³/mol. The molecule has 0 N–H and O–H groups in total. The Morgan fingerprint density at radius 2 is 1.59 bits per heavy atom. The van der Waals surface area contributed by atoms with E-state index in [-0.39, 0.29) is 24.4 Å². The third-order valence-electron chi connectivity index (χ3n) is 4.22. The highest BCUT2D eigenvalue weighted by Gasteiger charge is 2.10. The number of benzene rings is 3. The Hall–Kier alpha value is -3.14. The summed E-state index contributed by atoms with van der Waals surface area (Å²) in [5.74, 6) is -0.318. The van der Waals surface area contributed by atoms with Crippen LogP contribution in [-0.2, 0) is 17.6 Å². The third-order valence-corrected chi connectivity index (χ3v) is 4.22. The Morgan fingerprint density at radius 1 is 0.852 bits per heavy atom. The smallest absolute Gasteiger partial charge is 0.141 e. The van der Waals surface area contributed by atoms with Crippen LogP contribution in [0.25, 0.3) is 0 Å². The summed E-state index contributed by atoms with van der Waals surface area (Å²) in [6.45, 7) is 3.99. The van der Waals surface area contributed by atoms with Gasteiger partial charge in [0.1, 0.15) is 11.6 Å². The molecule has 0 aliphatic heterocycles. The van der Waals surface area contributed by atoms with E-state index in [1.807, 2.05) is 56.3 Å². The van der Waals surface area contributed by atoms with Gasteiger partial charge in [0, 0.05) is 12.8 Å². The van der Waals surface area contributed by atoms with Crippen molar-refractivity contribution in [2.24, 2.45) is 10.2 Å². The van der Waals surface area contributed by atoms with Crippen molar-refractivity contribution in [2.75, 3.05) is 0 Å². The lowest BCUT2D eigenvalue weighted by atomic mass is 10.00. The van der Waals surface area contributed by atoms with Crippen LogP contribution in [0.3, 0.4) is 0 Å². The van der Waals surface area contributed by atoms with Crippen LogP contribution in [0.5, 0.6) is 0 Å². The second kappa shape index (κ2) is 8.49. The minimum Gasteiger partial charge on any atom is -0.299 e. The predicted octanol–water partition coefficient (Wildman–Crippen LogP) is 6.21. The van der Waals surface area contributed by atoms with E-state index in [2.05, 4.69) is 10.2 Å². The van der Waals surface area contributed by atoms with E-state index in [0.29, 0.717) is 11.3 Å². The van der Waals surface area contributed by atoms with Gasteiger partial charge in [-0.05, 0) is 55.3 Å². The first-order valence-electron chi connectivity index (χ1n) is 8.84. The number of ketones is 1. The largest absolute Gasteiger partial charge is 0.299 e. The monoisotopic (exact) mass is 360 g/mol. The molecule has 0 saturated heterocycles. The summed E-state index contributed by atoms with van der Waals surface area (Å²) in [6, 6.07) is 19.7. The third kappa shape index (κ3) is 5.42. The standard InChI is InChI=1S/C23H21FN2O/c1-16-6-9-21(10-7-16)25-26-23-11-8-17(2)12-19(23)15-22(27)14-18-4-3-5-20(24)13-18/h3-13H,14-15H2,1-2H3. The summed E-state index contributed by atoms with van der Waals surface area (Å²) >= 11 is 0. The summed E-state index contributed by atoms with van der Waals surface area (Å²) in [6.07, 6.45) is 0.431. The number of aryl methyl sites for hydroxylation is 2. The van der Waals surface area contributed by atoms with Gasteiger partial charge in [0.15, 0.2) is 0 Å². The van der Waals surface area contributed by atoms with Crippen molar-refractivity contribution in [1.29, 1.82) is 0 Å².